The molecular weight excluding hydrogens is 552 g/mol. The molecule has 0 bridgehead atoms. The molecule has 0 spiro atoms. The lowest BCUT2D eigenvalue weighted by Gasteiger charge is -2.12. The van der Waals surface area contributed by atoms with Gasteiger partial charge in [0.15, 0.2) is 20.9 Å². The zero-order chi connectivity index (χ0) is 23.5. The van der Waals surface area contributed by atoms with E-state index in [9.17, 15) is 9.59 Å². The van der Waals surface area contributed by atoms with Gasteiger partial charge in [-0.15, -0.1) is 0 Å². The first-order chi connectivity index (χ1) is 15.8. The third-order valence-corrected chi connectivity index (χ3v) is 5.93. The molecule has 2 aromatic heterocycles. The molecule has 6 nitrogen and oxygen atoms in total. The second kappa shape index (κ2) is 9.80. The van der Waals surface area contributed by atoms with E-state index in [4.69, 9.17) is 8.83 Å². The van der Waals surface area contributed by atoms with Crippen LogP contribution in [-0.4, -0.2) is 11.8 Å². The Morgan fingerprint density at radius 2 is 1.12 bits per heavy atom. The van der Waals surface area contributed by atoms with E-state index in [1.165, 1.54) is 0 Å². The van der Waals surface area contributed by atoms with Crippen molar-refractivity contribution in [3.05, 3.63) is 104 Å². The molecule has 4 rings (SSSR count). The molecule has 0 saturated heterocycles. The number of rotatable bonds is 6. The number of furan rings is 2. The Bertz CT molecular complexity index is 1240. The normalized spacial score (nSPS) is 10.8. The predicted molar refractivity (Wildman–Crippen MR) is 134 cm³/mol. The fraction of sp³-hybridized carbons (Fsp3) is 0.120. The van der Waals surface area contributed by atoms with Gasteiger partial charge in [-0.25, -0.2) is 0 Å². The highest BCUT2D eigenvalue weighted by Crippen LogP contribution is 2.24. The van der Waals surface area contributed by atoms with Crippen LogP contribution in [0.5, 0.6) is 0 Å². The fourth-order valence-electron chi connectivity index (χ4n) is 3.43. The molecule has 2 amide bonds. The molecule has 0 aliphatic carbocycles. The van der Waals surface area contributed by atoms with Crippen molar-refractivity contribution in [2.45, 2.75) is 20.3 Å². The highest BCUT2D eigenvalue weighted by molar-refractivity contribution is 9.10. The second-order valence-corrected chi connectivity index (χ2v) is 9.15. The number of halogens is 2. The van der Waals surface area contributed by atoms with Crippen molar-refractivity contribution >= 4 is 55.0 Å². The van der Waals surface area contributed by atoms with Crippen LogP contribution in [0, 0.1) is 13.8 Å². The van der Waals surface area contributed by atoms with Crippen LogP contribution in [0.4, 0.5) is 11.4 Å². The van der Waals surface area contributed by atoms with Crippen LogP contribution < -0.4 is 10.6 Å². The number of amides is 2. The molecule has 2 aromatic carbocycles. The molecule has 0 radical (unpaired) electrons. The summed E-state index contributed by atoms with van der Waals surface area (Å²) < 4.78 is 11.6. The van der Waals surface area contributed by atoms with Gasteiger partial charge >= 0.3 is 0 Å². The second-order valence-electron chi connectivity index (χ2n) is 7.59. The zero-order valence-electron chi connectivity index (χ0n) is 17.9. The number of aryl methyl sites for hydroxylation is 2. The topological polar surface area (TPSA) is 84.5 Å². The minimum Gasteiger partial charge on any atom is -0.444 e. The van der Waals surface area contributed by atoms with E-state index in [-0.39, 0.29) is 23.3 Å². The first-order valence-corrected chi connectivity index (χ1v) is 11.7. The van der Waals surface area contributed by atoms with Crippen molar-refractivity contribution in [3.8, 4) is 0 Å². The summed E-state index contributed by atoms with van der Waals surface area (Å²) in [4.78, 5) is 24.7. The Kier molecular flexibility index (Phi) is 6.85. The average molecular weight is 572 g/mol. The lowest BCUT2D eigenvalue weighted by Crippen LogP contribution is -2.12. The van der Waals surface area contributed by atoms with Crippen LogP contribution >= 0.6 is 31.9 Å². The summed E-state index contributed by atoms with van der Waals surface area (Å²) in [5, 5.41) is 5.75. The van der Waals surface area contributed by atoms with Crippen LogP contribution in [0.25, 0.3) is 0 Å². The summed E-state index contributed by atoms with van der Waals surface area (Å²) in [5.74, 6) is -0.112. The van der Waals surface area contributed by atoms with Gasteiger partial charge in [0.05, 0.1) is 0 Å². The molecule has 0 aliphatic rings. The third-order valence-electron chi connectivity index (χ3n) is 5.08. The Morgan fingerprint density at radius 1 is 0.697 bits per heavy atom. The highest BCUT2D eigenvalue weighted by atomic mass is 79.9. The van der Waals surface area contributed by atoms with E-state index >= 15 is 0 Å². The Morgan fingerprint density at radius 3 is 1.45 bits per heavy atom. The monoisotopic (exact) mass is 570 g/mol. The summed E-state index contributed by atoms with van der Waals surface area (Å²) in [6, 6.07) is 18.4. The van der Waals surface area contributed by atoms with Crippen LogP contribution in [0.1, 0.15) is 43.4 Å². The molecule has 0 saturated carbocycles. The number of carbonyl (C=O) groups excluding carboxylic acids is 2. The van der Waals surface area contributed by atoms with Gasteiger partial charge in [0.2, 0.25) is 0 Å². The fourth-order valence-corrected chi connectivity index (χ4v) is 4.04. The van der Waals surface area contributed by atoms with Crippen molar-refractivity contribution in [2.24, 2.45) is 0 Å². The summed E-state index contributed by atoms with van der Waals surface area (Å²) in [6.07, 6.45) is 0.723. The molecule has 0 aliphatic heterocycles. The molecule has 4 aromatic rings. The third kappa shape index (κ3) is 5.64. The van der Waals surface area contributed by atoms with Gasteiger partial charge in [-0.2, -0.15) is 0 Å². The van der Waals surface area contributed by atoms with Gasteiger partial charge in [-0.1, -0.05) is 24.3 Å². The summed E-state index contributed by atoms with van der Waals surface area (Å²) >= 11 is 6.40. The van der Waals surface area contributed by atoms with Gasteiger partial charge in [-0.05, 0) is 111 Å². The first-order valence-electron chi connectivity index (χ1n) is 10.1. The minimum atomic E-state index is -0.299. The van der Waals surface area contributed by atoms with Crippen molar-refractivity contribution in [1.82, 2.24) is 0 Å². The number of nitrogens with one attached hydrogen (secondary N) is 2. The van der Waals surface area contributed by atoms with Crippen molar-refractivity contribution in [3.63, 3.8) is 0 Å². The van der Waals surface area contributed by atoms with Crippen LogP contribution in [0.3, 0.4) is 0 Å². The SMILES string of the molecule is Cc1cc(Cc2ccc(NC(=O)c3ccc(Br)o3)c(C)c2)ccc1NC(=O)c1ccc(Br)o1. The van der Waals surface area contributed by atoms with Crippen LogP contribution in [0.2, 0.25) is 0 Å². The molecule has 8 heteroatoms. The quantitative estimate of drug-likeness (QED) is 0.258. The standard InChI is InChI=1S/C25H20Br2N2O4/c1-14-11-16(3-5-18(14)28-24(30)20-7-9-22(26)32-20)13-17-4-6-19(15(2)12-17)29-25(31)21-8-10-23(27)33-21/h3-12H,13H2,1-2H3,(H,28,30)(H,29,31). The highest BCUT2D eigenvalue weighted by Gasteiger charge is 2.14. The maximum Gasteiger partial charge on any atom is 0.291 e. The molecule has 0 unspecified atom stereocenters. The number of hydrogen-bond acceptors (Lipinski definition) is 4. The lowest BCUT2D eigenvalue weighted by molar-refractivity contribution is 0.0988. The summed E-state index contributed by atoms with van der Waals surface area (Å²) in [5.41, 5.74) is 5.60. The molecule has 2 heterocycles. The van der Waals surface area contributed by atoms with E-state index in [0.717, 1.165) is 40.0 Å². The zero-order valence-corrected chi connectivity index (χ0v) is 21.0. The van der Waals surface area contributed by atoms with Crippen molar-refractivity contribution in [2.75, 3.05) is 10.6 Å². The number of anilines is 2. The first kappa shape index (κ1) is 23.1. The summed E-state index contributed by atoms with van der Waals surface area (Å²) in [7, 11) is 0. The van der Waals surface area contributed by atoms with Gasteiger partial charge in [0, 0.05) is 11.4 Å². The Balaban J connectivity index is 1.42. The van der Waals surface area contributed by atoms with E-state index in [1.807, 2.05) is 50.2 Å². The van der Waals surface area contributed by atoms with E-state index in [1.54, 1.807) is 24.3 Å². The van der Waals surface area contributed by atoms with Gasteiger partial charge in [0.25, 0.3) is 11.8 Å². The lowest BCUT2D eigenvalue weighted by atomic mass is 10.00. The molecule has 0 atom stereocenters. The minimum absolute atomic E-state index is 0.243. The van der Waals surface area contributed by atoms with Crippen LogP contribution in [0.15, 0.2) is 78.8 Å². The number of benzene rings is 2. The smallest absolute Gasteiger partial charge is 0.291 e. The van der Waals surface area contributed by atoms with Crippen molar-refractivity contribution in [1.29, 1.82) is 0 Å². The molecule has 168 valence electrons. The van der Waals surface area contributed by atoms with Crippen molar-refractivity contribution < 1.29 is 18.4 Å². The van der Waals surface area contributed by atoms with Gasteiger partial charge < -0.3 is 19.5 Å². The van der Waals surface area contributed by atoms with E-state index < -0.39 is 0 Å². The number of hydrogen-bond donors (Lipinski definition) is 2. The van der Waals surface area contributed by atoms with Gasteiger partial charge in [0.1, 0.15) is 0 Å². The molecule has 2 N–H and O–H groups in total. The van der Waals surface area contributed by atoms with E-state index in [0.29, 0.717) is 9.34 Å². The Labute approximate surface area is 207 Å². The summed E-state index contributed by atoms with van der Waals surface area (Å²) in [6.45, 7) is 3.90. The predicted octanol–water partition coefficient (Wildman–Crippen LogP) is 7.11. The molecular formula is C25H20Br2N2O4. The molecule has 0 fully saturated rings. The maximum absolute atomic E-state index is 12.3. The largest absolute Gasteiger partial charge is 0.444 e. The van der Waals surface area contributed by atoms with Crippen LogP contribution in [-0.2, 0) is 6.42 Å². The van der Waals surface area contributed by atoms with Gasteiger partial charge in [-0.3, -0.25) is 9.59 Å². The molecule has 33 heavy (non-hydrogen) atoms. The Hall–Kier alpha value is -3.10. The maximum atomic E-state index is 12.3. The average Bonchev–Trinajstić information content (AvgIpc) is 3.40. The van der Waals surface area contributed by atoms with E-state index in [2.05, 4.69) is 42.5 Å². The number of carbonyl (C=O) groups is 2.